The molecule has 28 heavy (non-hydrogen) atoms. The number of rotatable bonds is 9. The number of aromatic hydroxyl groups is 1. The summed E-state index contributed by atoms with van der Waals surface area (Å²) in [5, 5.41) is 14.8. The molecule has 0 aromatic heterocycles. The van der Waals surface area contributed by atoms with E-state index in [1.54, 1.807) is 24.3 Å². The van der Waals surface area contributed by atoms with Crippen molar-refractivity contribution in [2.24, 2.45) is 5.73 Å². The van der Waals surface area contributed by atoms with Gasteiger partial charge in [-0.3, -0.25) is 4.79 Å². The standard InChI is InChI=1S/C21H27N3O4/c1-15(17-9-11-18(25)12-10-17)24-20(26)19(22)8-5-13-23-21(27)28-14-16-6-3-2-4-7-16/h2-4,6-7,9-12,15,19,25H,5,8,13-14,22H2,1H3,(H,23,27)(H,24,26)/t15-,19+/m1/s1. The van der Waals surface area contributed by atoms with Gasteiger partial charge in [-0.05, 0) is 43.0 Å². The monoisotopic (exact) mass is 385 g/mol. The number of hydrogen-bond acceptors (Lipinski definition) is 5. The minimum absolute atomic E-state index is 0.175. The average molecular weight is 385 g/mol. The van der Waals surface area contributed by atoms with Gasteiger partial charge in [-0.15, -0.1) is 0 Å². The van der Waals surface area contributed by atoms with Crippen LogP contribution in [0.2, 0.25) is 0 Å². The van der Waals surface area contributed by atoms with Crippen molar-refractivity contribution in [3.05, 3.63) is 65.7 Å². The lowest BCUT2D eigenvalue weighted by Gasteiger charge is -2.18. The van der Waals surface area contributed by atoms with Gasteiger partial charge in [0, 0.05) is 6.54 Å². The van der Waals surface area contributed by atoms with Gasteiger partial charge >= 0.3 is 6.09 Å². The molecule has 0 spiro atoms. The molecule has 2 aromatic rings. The van der Waals surface area contributed by atoms with Gasteiger partial charge in [0.1, 0.15) is 12.4 Å². The molecule has 0 saturated heterocycles. The predicted molar refractivity (Wildman–Crippen MR) is 107 cm³/mol. The molecule has 2 atom stereocenters. The van der Waals surface area contributed by atoms with Crippen LogP contribution in [-0.4, -0.2) is 29.7 Å². The third-order valence-corrected chi connectivity index (χ3v) is 4.26. The number of nitrogens with one attached hydrogen (secondary N) is 2. The third-order valence-electron chi connectivity index (χ3n) is 4.26. The van der Waals surface area contributed by atoms with Crippen molar-refractivity contribution in [3.8, 4) is 5.75 Å². The van der Waals surface area contributed by atoms with Gasteiger partial charge in [0.05, 0.1) is 12.1 Å². The van der Waals surface area contributed by atoms with Crippen LogP contribution in [0.4, 0.5) is 4.79 Å². The first-order valence-electron chi connectivity index (χ1n) is 9.25. The Hall–Kier alpha value is -3.06. The molecule has 7 heteroatoms. The summed E-state index contributed by atoms with van der Waals surface area (Å²) >= 11 is 0. The summed E-state index contributed by atoms with van der Waals surface area (Å²) in [7, 11) is 0. The maximum absolute atomic E-state index is 12.2. The first kappa shape index (κ1) is 21.2. The molecule has 0 aliphatic carbocycles. The van der Waals surface area contributed by atoms with Crippen LogP contribution in [0.25, 0.3) is 0 Å². The minimum atomic E-state index is -0.665. The highest BCUT2D eigenvalue weighted by Crippen LogP contribution is 2.16. The smallest absolute Gasteiger partial charge is 0.407 e. The zero-order chi connectivity index (χ0) is 20.4. The Labute approximate surface area is 164 Å². The quantitative estimate of drug-likeness (QED) is 0.496. The van der Waals surface area contributed by atoms with Crippen LogP contribution in [0, 0.1) is 0 Å². The van der Waals surface area contributed by atoms with Crippen molar-refractivity contribution in [2.45, 2.75) is 38.5 Å². The predicted octanol–water partition coefficient (Wildman–Crippen LogP) is 2.60. The van der Waals surface area contributed by atoms with E-state index < -0.39 is 12.1 Å². The highest BCUT2D eigenvalue weighted by atomic mass is 16.5. The molecule has 2 rings (SSSR count). The van der Waals surface area contributed by atoms with Gasteiger partial charge in [0.15, 0.2) is 0 Å². The van der Waals surface area contributed by atoms with Crippen molar-refractivity contribution < 1.29 is 19.4 Å². The topological polar surface area (TPSA) is 114 Å². The van der Waals surface area contributed by atoms with Crippen LogP contribution in [0.5, 0.6) is 5.75 Å². The zero-order valence-corrected chi connectivity index (χ0v) is 15.9. The summed E-state index contributed by atoms with van der Waals surface area (Å²) in [5.41, 5.74) is 7.72. The number of phenols is 1. The van der Waals surface area contributed by atoms with Crippen LogP contribution in [0.15, 0.2) is 54.6 Å². The summed E-state index contributed by atoms with van der Waals surface area (Å²) in [6.45, 7) is 2.44. The molecule has 0 saturated carbocycles. The fraction of sp³-hybridized carbons (Fsp3) is 0.333. The normalized spacial score (nSPS) is 12.6. The summed E-state index contributed by atoms with van der Waals surface area (Å²) in [6, 6.07) is 15.2. The van der Waals surface area contributed by atoms with E-state index in [0.29, 0.717) is 19.4 Å². The molecule has 0 aliphatic rings. The fourth-order valence-corrected chi connectivity index (χ4v) is 2.58. The highest BCUT2D eigenvalue weighted by Gasteiger charge is 2.16. The van der Waals surface area contributed by atoms with Crippen LogP contribution < -0.4 is 16.4 Å². The van der Waals surface area contributed by atoms with Crippen LogP contribution in [0.3, 0.4) is 0 Å². The molecule has 5 N–H and O–H groups in total. The molecule has 0 fully saturated rings. The van der Waals surface area contributed by atoms with Crippen LogP contribution in [0.1, 0.15) is 36.9 Å². The van der Waals surface area contributed by atoms with E-state index in [1.807, 2.05) is 37.3 Å². The molecule has 2 amide bonds. The number of amides is 2. The first-order valence-corrected chi connectivity index (χ1v) is 9.25. The van der Waals surface area contributed by atoms with E-state index >= 15 is 0 Å². The SMILES string of the molecule is C[C@@H](NC(=O)[C@@H](N)CCCNC(=O)OCc1ccccc1)c1ccc(O)cc1. The molecule has 0 bridgehead atoms. The van der Waals surface area contributed by atoms with E-state index in [1.165, 1.54) is 0 Å². The number of carbonyl (C=O) groups excluding carboxylic acids is 2. The van der Waals surface area contributed by atoms with Crippen molar-refractivity contribution in [3.63, 3.8) is 0 Å². The number of ether oxygens (including phenoxy) is 1. The Kier molecular flexibility index (Phi) is 8.30. The Morgan fingerprint density at radius 3 is 2.46 bits per heavy atom. The summed E-state index contributed by atoms with van der Waals surface area (Å²) in [5.74, 6) is -0.0824. The van der Waals surface area contributed by atoms with Gasteiger partial charge in [-0.2, -0.15) is 0 Å². The van der Waals surface area contributed by atoms with Crippen molar-refractivity contribution >= 4 is 12.0 Å². The molecule has 0 aliphatic heterocycles. The Morgan fingerprint density at radius 1 is 1.11 bits per heavy atom. The van der Waals surface area contributed by atoms with E-state index in [2.05, 4.69) is 10.6 Å². The van der Waals surface area contributed by atoms with Crippen molar-refractivity contribution in [1.82, 2.24) is 10.6 Å². The molecule has 0 unspecified atom stereocenters. The minimum Gasteiger partial charge on any atom is -0.508 e. The molecular weight excluding hydrogens is 358 g/mol. The van der Waals surface area contributed by atoms with Gasteiger partial charge in [-0.25, -0.2) is 4.79 Å². The number of phenolic OH excluding ortho intramolecular Hbond substituents is 1. The molecular formula is C21H27N3O4. The molecule has 2 aromatic carbocycles. The van der Waals surface area contributed by atoms with E-state index in [-0.39, 0.29) is 24.3 Å². The van der Waals surface area contributed by atoms with Gasteiger partial charge < -0.3 is 26.2 Å². The lowest BCUT2D eigenvalue weighted by Crippen LogP contribution is -2.42. The number of hydrogen-bond donors (Lipinski definition) is 4. The van der Waals surface area contributed by atoms with Crippen molar-refractivity contribution in [1.29, 1.82) is 0 Å². The van der Waals surface area contributed by atoms with E-state index in [0.717, 1.165) is 11.1 Å². The lowest BCUT2D eigenvalue weighted by atomic mass is 10.1. The Balaban J connectivity index is 1.61. The fourth-order valence-electron chi connectivity index (χ4n) is 2.58. The Bertz CT molecular complexity index is 750. The van der Waals surface area contributed by atoms with Crippen molar-refractivity contribution in [2.75, 3.05) is 6.54 Å². The van der Waals surface area contributed by atoms with Gasteiger partial charge in [0.2, 0.25) is 5.91 Å². The second-order valence-corrected chi connectivity index (χ2v) is 6.56. The number of nitrogens with two attached hydrogens (primary N) is 1. The second-order valence-electron chi connectivity index (χ2n) is 6.56. The average Bonchev–Trinajstić information content (AvgIpc) is 2.70. The maximum Gasteiger partial charge on any atom is 0.407 e. The van der Waals surface area contributed by atoms with Gasteiger partial charge in [-0.1, -0.05) is 42.5 Å². The van der Waals surface area contributed by atoms with Crippen LogP contribution >= 0.6 is 0 Å². The van der Waals surface area contributed by atoms with Crippen LogP contribution in [-0.2, 0) is 16.1 Å². The summed E-state index contributed by atoms with van der Waals surface area (Å²) < 4.78 is 5.11. The Morgan fingerprint density at radius 2 is 1.79 bits per heavy atom. The number of alkyl carbamates (subject to hydrolysis) is 1. The molecule has 7 nitrogen and oxygen atoms in total. The highest BCUT2D eigenvalue weighted by molar-refractivity contribution is 5.81. The maximum atomic E-state index is 12.2. The lowest BCUT2D eigenvalue weighted by molar-refractivity contribution is -0.123. The largest absolute Gasteiger partial charge is 0.508 e. The molecule has 0 heterocycles. The molecule has 0 radical (unpaired) electrons. The second kappa shape index (κ2) is 10.9. The van der Waals surface area contributed by atoms with E-state index in [4.69, 9.17) is 10.5 Å². The zero-order valence-electron chi connectivity index (χ0n) is 15.9. The summed E-state index contributed by atoms with van der Waals surface area (Å²) in [4.78, 5) is 23.8. The van der Waals surface area contributed by atoms with Gasteiger partial charge in [0.25, 0.3) is 0 Å². The van der Waals surface area contributed by atoms with E-state index in [9.17, 15) is 14.7 Å². The first-order chi connectivity index (χ1) is 13.5. The third kappa shape index (κ3) is 7.28. The number of carbonyl (C=O) groups is 2. The summed E-state index contributed by atoms with van der Waals surface area (Å²) in [6.07, 6.45) is 0.498. The molecule has 150 valence electrons. The number of benzene rings is 2.